The Morgan fingerprint density at radius 1 is 1.57 bits per heavy atom. The Morgan fingerprint density at radius 2 is 2.14 bits per heavy atom. The standard InChI is InChI=1S/C10H22N2O2/c1-4-8(6-13)12-9(14)10(3,5-2)7-11/h8,13H,4-7,11H2,1-3H3,(H,12,14)/t8-,10?/m1/s1. The fourth-order valence-corrected chi connectivity index (χ4v) is 1.03. The van der Waals surface area contributed by atoms with Crippen LogP contribution < -0.4 is 11.1 Å². The summed E-state index contributed by atoms with van der Waals surface area (Å²) >= 11 is 0. The van der Waals surface area contributed by atoms with E-state index in [0.717, 1.165) is 6.42 Å². The lowest BCUT2D eigenvalue weighted by atomic mass is 9.86. The van der Waals surface area contributed by atoms with Crippen molar-refractivity contribution in [3.63, 3.8) is 0 Å². The van der Waals surface area contributed by atoms with Crippen molar-refractivity contribution in [3.05, 3.63) is 0 Å². The van der Waals surface area contributed by atoms with Crippen LogP contribution in [0.25, 0.3) is 0 Å². The first-order valence-electron chi connectivity index (χ1n) is 5.16. The van der Waals surface area contributed by atoms with E-state index >= 15 is 0 Å². The SMILES string of the molecule is CC[C@H](CO)NC(=O)C(C)(CC)CN. The van der Waals surface area contributed by atoms with E-state index in [1.807, 2.05) is 20.8 Å². The van der Waals surface area contributed by atoms with Crippen LogP contribution in [0.5, 0.6) is 0 Å². The molecule has 0 bridgehead atoms. The normalized spacial score (nSPS) is 17.2. The second kappa shape index (κ2) is 5.98. The molecule has 0 rings (SSSR count). The van der Waals surface area contributed by atoms with Gasteiger partial charge in [0.25, 0.3) is 0 Å². The molecule has 4 heteroatoms. The van der Waals surface area contributed by atoms with Gasteiger partial charge < -0.3 is 16.2 Å². The van der Waals surface area contributed by atoms with E-state index in [2.05, 4.69) is 5.32 Å². The molecule has 0 saturated carbocycles. The van der Waals surface area contributed by atoms with Crippen molar-refractivity contribution in [2.24, 2.45) is 11.1 Å². The van der Waals surface area contributed by atoms with Gasteiger partial charge in [-0.1, -0.05) is 13.8 Å². The van der Waals surface area contributed by atoms with E-state index in [4.69, 9.17) is 10.8 Å². The minimum absolute atomic E-state index is 0.0212. The third-order valence-corrected chi connectivity index (χ3v) is 2.83. The molecule has 0 radical (unpaired) electrons. The Balaban J connectivity index is 4.30. The molecule has 0 aliphatic rings. The van der Waals surface area contributed by atoms with Crippen molar-refractivity contribution >= 4 is 5.91 Å². The molecule has 0 aromatic rings. The van der Waals surface area contributed by atoms with Gasteiger partial charge >= 0.3 is 0 Å². The Labute approximate surface area is 85.9 Å². The van der Waals surface area contributed by atoms with Crippen LogP contribution in [0.4, 0.5) is 0 Å². The molecule has 84 valence electrons. The summed E-state index contributed by atoms with van der Waals surface area (Å²) in [6.07, 6.45) is 1.43. The predicted octanol–water partition coefficient (Wildman–Crippen LogP) is 0.249. The van der Waals surface area contributed by atoms with Gasteiger partial charge in [0.05, 0.1) is 18.1 Å². The number of hydrogen-bond donors (Lipinski definition) is 3. The largest absolute Gasteiger partial charge is 0.394 e. The highest BCUT2D eigenvalue weighted by atomic mass is 16.3. The number of rotatable bonds is 6. The van der Waals surface area contributed by atoms with Crippen molar-refractivity contribution in [1.29, 1.82) is 0 Å². The molecule has 1 unspecified atom stereocenters. The van der Waals surface area contributed by atoms with Crippen LogP contribution in [0.1, 0.15) is 33.6 Å². The minimum atomic E-state index is -0.511. The molecule has 14 heavy (non-hydrogen) atoms. The third kappa shape index (κ3) is 3.27. The highest BCUT2D eigenvalue weighted by Gasteiger charge is 2.30. The van der Waals surface area contributed by atoms with Crippen molar-refractivity contribution in [3.8, 4) is 0 Å². The Bertz CT molecular complexity index is 175. The molecule has 4 nitrogen and oxygen atoms in total. The number of nitrogens with one attached hydrogen (secondary N) is 1. The van der Waals surface area contributed by atoms with Crippen LogP contribution in [0.2, 0.25) is 0 Å². The summed E-state index contributed by atoms with van der Waals surface area (Å²) in [5.74, 6) is -0.0663. The van der Waals surface area contributed by atoms with Crippen LogP contribution in [0, 0.1) is 5.41 Å². The average molecular weight is 202 g/mol. The zero-order valence-electron chi connectivity index (χ0n) is 9.34. The van der Waals surface area contributed by atoms with Crippen molar-refractivity contribution in [2.75, 3.05) is 13.2 Å². The maximum Gasteiger partial charge on any atom is 0.227 e. The van der Waals surface area contributed by atoms with Gasteiger partial charge in [-0.3, -0.25) is 4.79 Å². The van der Waals surface area contributed by atoms with Gasteiger partial charge in [0, 0.05) is 6.54 Å². The molecular weight excluding hydrogens is 180 g/mol. The maximum atomic E-state index is 11.8. The van der Waals surface area contributed by atoms with Gasteiger partial charge in [-0.2, -0.15) is 0 Å². The molecule has 0 aliphatic heterocycles. The topological polar surface area (TPSA) is 75.3 Å². The van der Waals surface area contributed by atoms with E-state index in [-0.39, 0.29) is 18.6 Å². The summed E-state index contributed by atoms with van der Waals surface area (Å²) in [6.45, 7) is 6.01. The molecule has 0 heterocycles. The number of carbonyl (C=O) groups is 1. The molecule has 0 spiro atoms. The highest BCUT2D eigenvalue weighted by molar-refractivity contribution is 5.82. The number of nitrogens with two attached hydrogens (primary N) is 1. The lowest BCUT2D eigenvalue weighted by Crippen LogP contribution is -2.48. The first kappa shape index (κ1) is 13.4. The predicted molar refractivity (Wildman–Crippen MR) is 56.8 cm³/mol. The quantitative estimate of drug-likeness (QED) is 0.578. The smallest absolute Gasteiger partial charge is 0.227 e. The zero-order valence-corrected chi connectivity index (χ0v) is 9.34. The van der Waals surface area contributed by atoms with Crippen molar-refractivity contribution < 1.29 is 9.90 Å². The summed E-state index contributed by atoms with van der Waals surface area (Å²) in [5, 5.41) is 11.7. The van der Waals surface area contributed by atoms with Gasteiger partial charge in [-0.25, -0.2) is 0 Å². The Kier molecular flexibility index (Phi) is 5.72. The van der Waals surface area contributed by atoms with Crippen LogP contribution in [-0.4, -0.2) is 30.2 Å². The second-order valence-corrected chi connectivity index (χ2v) is 3.88. The van der Waals surface area contributed by atoms with Gasteiger partial charge in [-0.15, -0.1) is 0 Å². The Morgan fingerprint density at radius 3 is 2.43 bits per heavy atom. The second-order valence-electron chi connectivity index (χ2n) is 3.88. The summed E-state index contributed by atoms with van der Waals surface area (Å²) in [5.41, 5.74) is 5.04. The van der Waals surface area contributed by atoms with Crippen molar-refractivity contribution in [1.82, 2.24) is 5.32 Å². The van der Waals surface area contributed by atoms with Gasteiger partial charge in [0.15, 0.2) is 0 Å². The number of hydrogen-bond acceptors (Lipinski definition) is 3. The third-order valence-electron chi connectivity index (χ3n) is 2.83. The molecule has 0 aromatic heterocycles. The van der Waals surface area contributed by atoms with Gasteiger partial charge in [-0.05, 0) is 19.8 Å². The number of carbonyl (C=O) groups excluding carboxylic acids is 1. The molecule has 0 saturated heterocycles. The highest BCUT2D eigenvalue weighted by Crippen LogP contribution is 2.19. The molecule has 0 aliphatic carbocycles. The first-order valence-corrected chi connectivity index (χ1v) is 5.16. The molecule has 1 amide bonds. The van der Waals surface area contributed by atoms with Crippen LogP contribution in [0.3, 0.4) is 0 Å². The fourth-order valence-electron chi connectivity index (χ4n) is 1.03. The van der Waals surface area contributed by atoms with Gasteiger partial charge in [0.2, 0.25) is 5.91 Å². The fraction of sp³-hybridized carbons (Fsp3) is 0.900. The van der Waals surface area contributed by atoms with E-state index < -0.39 is 5.41 Å². The first-order chi connectivity index (χ1) is 6.53. The van der Waals surface area contributed by atoms with Gasteiger partial charge in [0.1, 0.15) is 0 Å². The van der Waals surface area contributed by atoms with Crippen LogP contribution in [-0.2, 0) is 4.79 Å². The van der Waals surface area contributed by atoms with E-state index in [0.29, 0.717) is 13.0 Å². The molecular formula is C10H22N2O2. The monoisotopic (exact) mass is 202 g/mol. The van der Waals surface area contributed by atoms with E-state index in [9.17, 15) is 4.79 Å². The molecule has 2 atom stereocenters. The number of amides is 1. The molecule has 0 aromatic carbocycles. The number of aliphatic hydroxyl groups is 1. The Hall–Kier alpha value is -0.610. The van der Waals surface area contributed by atoms with E-state index in [1.165, 1.54) is 0 Å². The summed E-state index contributed by atoms with van der Waals surface area (Å²) in [6, 6.07) is -0.153. The maximum absolute atomic E-state index is 11.8. The summed E-state index contributed by atoms with van der Waals surface area (Å²) in [7, 11) is 0. The lowest BCUT2D eigenvalue weighted by molar-refractivity contribution is -0.131. The minimum Gasteiger partial charge on any atom is -0.394 e. The number of aliphatic hydroxyl groups excluding tert-OH is 1. The lowest BCUT2D eigenvalue weighted by Gasteiger charge is -2.27. The molecule has 0 fully saturated rings. The zero-order chi connectivity index (χ0) is 11.2. The van der Waals surface area contributed by atoms with Crippen molar-refractivity contribution in [2.45, 2.75) is 39.7 Å². The van der Waals surface area contributed by atoms with E-state index in [1.54, 1.807) is 0 Å². The van der Waals surface area contributed by atoms with Crippen LogP contribution in [0.15, 0.2) is 0 Å². The summed E-state index contributed by atoms with van der Waals surface area (Å²) < 4.78 is 0. The molecule has 4 N–H and O–H groups in total. The average Bonchev–Trinajstić information content (AvgIpc) is 2.24. The summed E-state index contributed by atoms with van der Waals surface area (Å²) in [4.78, 5) is 11.8. The van der Waals surface area contributed by atoms with Crippen LogP contribution >= 0.6 is 0 Å².